The summed E-state index contributed by atoms with van der Waals surface area (Å²) in [5, 5.41) is 5.68. The third-order valence-electron chi connectivity index (χ3n) is 4.64. The third kappa shape index (κ3) is 3.68. The van der Waals surface area contributed by atoms with Gasteiger partial charge in [-0.15, -0.1) is 0 Å². The molecule has 1 atom stereocenters. The zero-order valence-corrected chi connectivity index (χ0v) is 14.1. The van der Waals surface area contributed by atoms with Gasteiger partial charge in [-0.25, -0.2) is 9.78 Å². The highest BCUT2D eigenvalue weighted by Crippen LogP contribution is 2.27. The fourth-order valence-electron chi connectivity index (χ4n) is 3.34. The highest BCUT2D eigenvalue weighted by atomic mass is 16.5. The van der Waals surface area contributed by atoms with Crippen molar-refractivity contribution in [1.82, 2.24) is 10.3 Å². The van der Waals surface area contributed by atoms with Crippen LogP contribution in [0.5, 0.6) is 5.75 Å². The molecule has 1 saturated heterocycles. The summed E-state index contributed by atoms with van der Waals surface area (Å²) in [6.07, 6.45) is 4.95. The summed E-state index contributed by atoms with van der Waals surface area (Å²) >= 11 is 0. The Kier molecular flexibility index (Phi) is 4.41. The van der Waals surface area contributed by atoms with Crippen LogP contribution in [0.2, 0.25) is 0 Å². The summed E-state index contributed by atoms with van der Waals surface area (Å²) in [7, 11) is 0. The minimum atomic E-state index is -0.240. The lowest BCUT2D eigenvalue weighted by Crippen LogP contribution is -2.37. The van der Waals surface area contributed by atoms with E-state index in [1.165, 1.54) is 18.4 Å². The topological polar surface area (TPSA) is 66.5 Å². The maximum atomic E-state index is 12.1. The largest absolute Gasteiger partial charge is 0.488 e. The number of nitrogens with one attached hydrogen (secondary N) is 2. The number of pyridine rings is 1. The number of hydrogen-bond acceptors (Lipinski definition) is 4. The second-order valence-electron chi connectivity index (χ2n) is 6.49. The van der Waals surface area contributed by atoms with Gasteiger partial charge in [0.25, 0.3) is 0 Å². The molecule has 2 N–H and O–H groups in total. The van der Waals surface area contributed by atoms with Crippen LogP contribution in [-0.2, 0) is 6.42 Å². The van der Waals surface area contributed by atoms with E-state index in [-0.39, 0.29) is 12.1 Å². The van der Waals surface area contributed by atoms with Gasteiger partial charge in [-0.3, -0.25) is 0 Å². The molecule has 2 aliphatic rings. The van der Waals surface area contributed by atoms with Gasteiger partial charge in [0.15, 0.2) is 0 Å². The molecule has 130 valence electrons. The first-order valence-electron chi connectivity index (χ1n) is 8.78. The van der Waals surface area contributed by atoms with Crippen molar-refractivity contribution >= 4 is 17.5 Å². The fraction of sp³-hybridized carbons (Fsp3) is 0.368. The standard InChI is InChI=1S/C19H22N4O2/c24-19(21-13-16-11-14-5-1-2-6-17(14)25-16)22-15-7-8-18(20-12-15)23-9-3-4-10-23/h1-2,5-8,12,16H,3-4,9-11,13H2,(H2,21,22,24). The second-order valence-corrected chi connectivity index (χ2v) is 6.49. The molecule has 25 heavy (non-hydrogen) atoms. The molecular weight excluding hydrogens is 316 g/mol. The maximum Gasteiger partial charge on any atom is 0.319 e. The number of anilines is 2. The molecule has 6 heteroatoms. The molecule has 4 rings (SSSR count). The SMILES string of the molecule is O=C(NCC1Cc2ccccc2O1)Nc1ccc(N2CCCC2)nc1. The van der Waals surface area contributed by atoms with Crippen LogP contribution in [0, 0.1) is 0 Å². The van der Waals surface area contributed by atoms with Crippen LogP contribution in [0.1, 0.15) is 18.4 Å². The van der Waals surface area contributed by atoms with E-state index in [4.69, 9.17) is 4.74 Å². The van der Waals surface area contributed by atoms with Crippen LogP contribution in [0.15, 0.2) is 42.6 Å². The van der Waals surface area contributed by atoms with Crippen molar-refractivity contribution in [2.45, 2.75) is 25.4 Å². The quantitative estimate of drug-likeness (QED) is 0.900. The number of rotatable bonds is 4. The van der Waals surface area contributed by atoms with Crippen LogP contribution in [0.3, 0.4) is 0 Å². The van der Waals surface area contributed by atoms with Crippen molar-refractivity contribution in [3.63, 3.8) is 0 Å². The normalized spacial score (nSPS) is 18.6. The average Bonchev–Trinajstić information content (AvgIpc) is 3.30. The van der Waals surface area contributed by atoms with Gasteiger partial charge in [0.1, 0.15) is 17.7 Å². The number of hydrogen-bond donors (Lipinski definition) is 2. The highest BCUT2D eigenvalue weighted by Gasteiger charge is 2.22. The van der Waals surface area contributed by atoms with Crippen molar-refractivity contribution in [3.8, 4) is 5.75 Å². The Morgan fingerprint density at radius 2 is 2.04 bits per heavy atom. The Hall–Kier alpha value is -2.76. The van der Waals surface area contributed by atoms with E-state index in [9.17, 15) is 4.79 Å². The van der Waals surface area contributed by atoms with Gasteiger partial charge < -0.3 is 20.3 Å². The molecule has 2 aliphatic heterocycles. The molecule has 0 radical (unpaired) electrons. The van der Waals surface area contributed by atoms with Gasteiger partial charge in [0.05, 0.1) is 18.4 Å². The van der Waals surface area contributed by atoms with Crippen molar-refractivity contribution < 1.29 is 9.53 Å². The average molecular weight is 338 g/mol. The smallest absolute Gasteiger partial charge is 0.319 e. The number of amides is 2. The van der Waals surface area contributed by atoms with E-state index in [2.05, 4.69) is 26.6 Å². The first kappa shape index (κ1) is 15.7. The van der Waals surface area contributed by atoms with Crippen molar-refractivity contribution in [2.75, 3.05) is 29.9 Å². The molecule has 0 aliphatic carbocycles. The van der Waals surface area contributed by atoms with Crippen molar-refractivity contribution in [3.05, 3.63) is 48.2 Å². The lowest BCUT2D eigenvalue weighted by molar-refractivity contribution is 0.219. The number of carbonyl (C=O) groups is 1. The fourth-order valence-corrected chi connectivity index (χ4v) is 3.34. The number of fused-ring (bicyclic) bond motifs is 1. The first-order valence-corrected chi connectivity index (χ1v) is 8.78. The molecule has 0 spiro atoms. The summed E-state index contributed by atoms with van der Waals surface area (Å²) in [5.74, 6) is 1.89. The van der Waals surface area contributed by atoms with Crippen LogP contribution in [-0.4, -0.2) is 36.8 Å². The van der Waals surface area contributed by atoms with Gasteiger partial charge in [-0.1, -0.05) is 18.2 Å². The summed E-state index contributed by atoms with van der Waals surface area (Å²) in [5.41, 5.74) is 1.88. The molecule has 1 unspecified atom stereocenters. The molecule has 6 nitrogen and oxygen atoms in total. The Labute approximate surface area is 147 Å². The molecular formula is C19H22N4O2. The van der Waals surface area contributed by atoms with Crippen LogP contribution in [0.25, 0.3) is 0 Å². The van der Waals surface area contributed by atoms with Gasteiger partial charge in [0, 0.05) is 19.5 Å². The number of benzene rings is 1. The van der Waals surface area contributed by atoms with Crippen LogP contribution in [0.4, 0.5) is 16.3 Å². The molecule has 0 bridgehead atoms. The Morgan fingerprint density at radius 3 is 2.80 bits per heavy atom. The van der Waals surface area contributed by atoms with Gasteiger partial charge in [-0.2, -0.15) is 0 Å². The summed E-state index contributed by atoms with van der Waals surface area (Å²) in [6.45, 7) is 2.59. The summed E-state index contributed by atoms with van der Waals surface area (Å²) in [6, 6.07) is 11.6. The molecule has 1 fully saturated rings. The van der Waals surface area contributed by atoms with E-state index < -0.39 is 0 Å². The lowest BCUT2D eigenvalue weighted by Gasteiger charge is -2.16. The Morgan fingerprint density at radius 1 is 1.20 bits per heavy atom. The monoisotopic (exact) mass is 338 g/mol. The van der Waals surface area contributed by atoms with Crippen LogP contribution >= 0.6 is 0 Å². The minimum Gasteiger partial charge on any atom is -0.488 e. The van der Waals surface area contributed by atoms with E-state index in [0.717, 1.165) is 31.1 Å². The third-order valence-corrected chi connectivity index (χ3v) is 4.64. The van der Waals surface area contributed by atoms with Gasteiger partial charge in [0.2, 0.25) is 0 Å². The number of urea groups is 1. The minimum absolute atomic E-state index is 0.0150. The number of para-hydroxylation sites is 1. The van der Waals surface area contributed by atoms with Crippen molar-refractivity contribution in [2.24, 2.45) is 0 Å². The lowest BCUT2D eigenvalue weighted by atomic mass is 10.1. The Balaban J connectivity index is 1.25. The van der Waals surface area contributed by atoms with E-state index >= 15 is 0 Å². The number of aromatic nitrogens is 1. The first-order chi connectivity index (χ1) is 12.3. The summed E-state index contributed by atoms with van der Waals surface area (Å²) in [4.78, 5) is 18.8. The second kappa shape index (κ2) is 7.01. The zero-order valence-electron chi connectivity index (χ0n) is 14.1. The predicted octanol–water partition coefficient (Wildman–Crippen LogP) is 2.81. The maximum absolute atomic E-state index is 12.1. The molecule has 2 aromatic rings. The van der Waals surface area contributed by atoms with E-state index in [1.54, 1.807) is 6.20 Å². The van der Waals surface area contributed by atoms with Gasteiger partial charge in [-0.05, 0) is 36.6 Å². The predicted molar refractivity (Wildman–Crippen MR) is 97.3 cm³/mol. The zero-order chi connectivity index (χ0) is 17.1. The number of nitrogens with zero attached hydrogens (tertiary/aromatic N) is 2. The number of carbonyl (C=O) groups excluding carboxylic acids is 1. The highest BCUT2D eigenvalue weighted by molar-refractivity contribution is 5.89. The Bertz CT molecular complexity index is 716. The van der Waals surface area contributed by atoms with Gasteiger partial charge >= 0.3 is 6.03 Å². The molecule has 1 aromatic heterocycles. The van der Waals surface area contributed by atoms with Crippen molar-refractivity contribution in [1.29, 1.82) is 0 Å². The molecule has 3 heterocycles. The van der Waals surface area contributed by atoms with E-state index in [0.29, 0.717) is 12.2 Å². The summed E-state index contributed by atoms with van der Waals surface area (Å²) < 4.78 is 5.82. The molecule has 1 aromatic carbocycles. The van der Waals surface area contributed by atoms with E-state index in [1.807, 2.05) is 30.3 Å². The molecule has 2 amide bonds. The molecule has 0 saturated carbocycles. The number of ether oxygens (including phenoxy) is 1. The van der Waals surface area contributed by atoms with Crippen LogP contribution < -0.4 is 20.3 Å².